The van der Waals surface area contributed by atoms with Gasteiger partial charge in [-0.3, -0.25) is 14.4 Å². The first-order valence-corrected chi connectivity index (χ1v) is 16.4. The number of benzene rings is 2. The van der Waals surface area contributed by atoms with Crippen LogP contribution in [-0.2, 0) is 4.79 Å². The first-order valence-electron chi connectivity index (χ1n) is 16.4. The Balaban J connectivity index is 1.25. The highest BCUT2D eigenvalue weighted by Gasteiger charge is 2.42. The van der Waals surface area contributed by atoms with E-state index in [9.17, 15) is 31.9 Å². The Morgan fingerprint density at radius 3 is 2.13 bits per heavy atom. The van der Waals surface area contributed by atoms with E-state index in [-0.39, 0.29) is 74.1 Å². The lowest BCUT2D eigenvalue weighted by molar-refractivity contribution is -0.638. The van der Waals surface area contributed by atoms with Crippen LogP contribution in [0.15, 0.2) is 36.4 Å². The zero-order valence-electron chi connectivity index (χ0n) is 27.0. The van der Waals surface area contributed by atoms with E-state index in [1.165, 1.54) is 6.07 Å². The normalized spacial score (nSPS) is 22.2. The van der Waals surface area contributed by atoms with Gasteiger partial charge in [0.15, 0.2) is 6.10 Å². The van der Waals surface area contributed by atoms with Gasteiger partial charge in [0.05, 0.1) is 24.4 Å². The van der Waals surface area contributed by atoms with Crippen molar-refractivity contribution in [3.8, 4) is 5.75 Å². The Kier molecular flexibility index (Phi) is 10.4. The molecule has 2 aromatic carbocycles. The molecule has 2 heterocycles. The molecule has 0 radical (unpaired) electrons. The third kappa shape index (κ3) is 8.24. The van der Waals surface area contributed by atoms with Gasteiger partial charge >= 0.3 is 6.18 Å². The third-order valence-electron chi connectivity index (χ3n) is 9.80. The van der Waals surface area contributed by atoms with Gasteiger partial charge in [-0.05, 0) is 87.4 Å². The SMILES string of the molecule is CC(C)(C[NH3+])C(=O)Nc1cc(F)cc(C(=O)N2CCN(C(=O)c3ccc(O[C@H]4CC[NH2+]C4)c(C4CCC(C(F)(F)F)CC4)c3)CC2)c1. The number of nitrogens with two attached hydrogens (primary N) is 1. The number of halogens is 4. The van der Waals surface area contributed by atoms with E-state index in [1.807, 2.05) is 0 Å². The molecular formula is C34H45F4N5O4+2. The van der Waals surface area contributed by atoms with Crippen molar-refractivity contribution in [3.63, 3.8) is 0 Å². The highest BCUT2D eigenvalue weighted by molar-refractivity contribution is 5.99. The molecular weight excluding hydrogens is 618 g/mol. The predicted molar refractivity (Wildman–Crippen MR) is 166 cm³/mol. The second-order valence-electron chi connectivity index (χ2n) is 13.6. The van der Waals surface area contributed by atoms with Gasteiger partial charge in [-0.2, -0.15) is 13.2 Å². The number of amides is 3. The van der Waals surface area contributed by atoms with Gasteiger partial charge in [0.1, 0.15) is 18.1 Å². The van der Waals surface area contributed by atoms with Crippen molar-refractivity contribution in [3.05, 3.63) is 58.9 Å². The number of ether oxygens (including phenoxy) is 1. The lowest BCUT2D eigenvalue weighted by Gasteiger charge is -2.35. The van der Waals surface area contributed by atoms with Gasteiger partial charge in [0.2, 0.25) is 5.91 Å². The van der Waals surface area contributed by atoms with E-state index in [0.29, 0.717) is 30.7 Å². The monoisotopic (exact) mass is 663 g/mol. The molecule has 3 aliphatic rings. The Morgan fingerprint density at radius 2 is 1.55 bits per heavy atom. The van der Waals surface area contributed by atoms with E-state index < -0.39 is 29.2 Å². The Labute approximate surface area is 272 Å². The molecule has 9 nitrogen and oxygen atoms in total. The van der Waals surface area contributed by atoms with E-state index >= 15 is 0 Å². The van der Waals surface area contributed by atoms with Gasteiger partial charge in [-0.1, -0.05) is 0 Å². The number of nitrogens with one attached hydrogen (secondary N) is 1. The molecule has 6 N–H and O–H groups in total. The molecule has 3 amide bonds. The molecule has 47 heavy (non-hydrogen) atoms. The fraction of sp³-hybridized carbons (Fsp3) is 0.559. The second-order valence-corrected chi connectivity index (χ2v) is 13.6. The molecule has 0 unspecified atom stereocenters. The lowest BCUT2D eigenvalue weighted by atomic mass is 9.78. The molecule has 0 spiro atoms. The molecule has 2 aliphatic heterocycles. The average Bonchev–Trinajstić information content (AvgIpc) is 3.57. The number of carbonyl (C=O) groups is 3. The van der Waals surface area contributed by atoms with Crippen molar-refractivity contribution in [1.29, 1.82) is 0 Å². The van der Waals surface area contributed by atoms with Crippen LogP contribution in [0.5, 0.6) is 5.75 Å². The average molecular weight is 664 g/mol. The largest absolute Gasteiger partial charge is 0.484 e. The van der Waals surface area contributed by atoms with Crippen molar-refractivity contribution in [1.82, 2.24) is 9.80 Å². The Hall–Kier alpha value is -3.71. The number of alkyl halides is 3. The van der Waals surface area contributed by atoms with Gasteiger partial charge in [0.25, 0.3) is 11.8 Å². The predicted octanol–water partition coefficient (Wildman–Crippen LogP) is 3.18. The quantitative estimate of drug-likeness (QED) is 0.376. The van der Waals surface area contributed by atoms with Crippen LogP contribution in [0.2, 0.25) is 0 Å². The van der Waals surface area contributed by atoms with Crippen LogP contribution < -0.4 is 21.1 Å². The molecule has 256 valence electrons. The highest BCUT2D eigenvalue weighted by Crippen LogP contribution is 2.45. The van der Waals surface area contributed by atoms with Crippen molar-refractivity contribution < 1.29 is 47.7 Å². The minimum absolute atomic E-state index is 0.0124. The third-order valence-corrected chi connectivity index (χ3v) is 9.80. The number of hydrogen-bond donors (Lipinski definition) is 3. The van der Waals surface area contributed by atoms with Crippen LogP contribution in [0.3, 0.4) is 0 Å². The first kappa shape index (κ1) is 34.6. The summed E-state index contributed by atoms with van der Waals surface area (Å²) in [6.45, 7) is 6.51. The number of hydrogen-bond acceptors (Lipinski definition) is 4. The van der Waals surface area contributed by atoms with Crippen LogP contribution in [-0.4, -0.2) is 85.6 Å². The first-order chi connectivity index (χ1) is 22.2. The molecule has 0 bridgehead atoms. The summed E-state index contributed by atoms with van der Waals surface area (Å²) < 4.78 is 60.9. The molecule has 13 heteroatoms. The summed E-state index contributed by atoms with van der Waals surface area (Å²) in [6.07, 6.45) is -2.48. The second kappa shape index (κ2) is 14.2. The lowest BCUT2D eigenvalue weighted by Crippen LogP contribution is -2.81. The van der Waals surface area contributed by atoms with Gasteiger partial charge < -0.3 is 30.9 Å². The minimum atomic E-state index is -4.21. The molecule has 2 aromatic rings. The molecule has 5 rings (SSSR count). The van der Waals surface area contributed by atoms with Gasteiger partial charge in [0, 0.05) is 49.4 Å². The van der Waals surface area contributed by atoms with Crippen LogP contribution in [0.1, 0.15) is 78.1 Å². The summed E-state index contributed by atoms with van der Waals surface area (Å²) in [6, 6.07) is 8.98. The maximum absolute atomic E-state index is 14.5. The zero-order chi connectivity index (χ0) is 33.9. The minimum Gasteiger partial charge on any atom is -0.484 e. The van der Waals surface area contributed by atoms with Crippen LogP contribution in [0.4, 0.5) is 23.2 Å². The number of carbonyl (C=O) groups excluding carboxylic acids is 3. The molecule has 1 saturated carbocycles. The van der Waals surface area contributed by atoms with Crippen molar-refractivity contribution in [2.75, 3.05) is 51.1 Å². The van der Waals surface area contributed by atoms with Crippen molar-refractivity contribution in [2.45, 2.75) is 64.1 Å². The molecule has 1 atom stereocenters. The van der Waals surface area contributed by atoms with Gasteiger partial charge in [-0.15, -0.1) is 0 Å². The van der Waals surface area contributed by atoms with Crippen LogP contribution >= 0.6 is 0 Å². The molecule has 1 aliphatic carbocycles. The summed E-state index contributed by atoms with van der Waals surface area (Å²) in [5.41, 5.74) is 4.48. The maximum Gasteiger partial charge on any atom is 0.391 e. The van der Waals surface area contributed by atoms with E-state index in [2.05, 4.69) is 16.4 Å². The Bertz CT molecular complexity index is 1460. The topological polar surface area (TPSA) is 123 Å². The number of rotatable bonds is 8. The number of nitrogens with zero attached hydrogens (tertiary/aromatic N) is 2. The molecule has 0 aromatic heterocycles. The van der Waals surface area contributed by atoms with Crippen molar-refractivity contribution >= 4 is 23.4 Å². The number of anilines is 1. The Morgan fingerprint density at radius 1 is 0.915 bits per heavy atom. The zero-order valence-corrected chi connectivity index (χ0v) is 27.0. The smallest absolute Gasteiger partial charge is 0.391 e. The van der Waals surface area contributed by atoms with Gasteiger partial charge in [-0.25, -0.2) is 4.39 Å². The summed E-state index contributed by atoms with van der Waals surface area (Å²) in [5, 5.41) is 4.83. The summed E-state index contributed by atoms with van der Waals surface area (Å²) in [5.74, 6) is -2.45. The summed E-state index contributed by atoms with van der Waals surface area (Å²) in [7, 11) is 0. The fourth-order valence-electron chi connectivity index (χ4n) is 6.53. The van der Waals surface area contributed by atoms with Crippen LogP contribution in [0.25, 0.3) is 0 Å². The number of piperazine rings is 1. The van der Waals surface area contributed by atoms with Crippen molar-refractivity contribution in [2.24, 2.45) is 11.3 Å². The molecule has 3 fully saturated rings. The standard InChI is InChI=1S/C34H43F4N5O4/c1-33(2,20-39)32(46)41-26-16-23(15-25(35)18-26)31(45)43-13-11-42(12-14-43)30(44)22-5-8-29(47-27-9-10-40-19-27)28(17-22)21-3-6-24(7-4-21)34(36,37)38/h5,8,15-18,21,24,27,40H,3-4,6-7,9-14,19-20,39H2,1-2H3,(H,41,46)/p+2/t21?,24?,27-/m0/s1. The highest BCUT2D eigenvalue weighted by atomic mass is 19.4. The fourth-order valence-corrected chi connectivity index (χ4v) is 6.53. The van der Waals surface area contributed by atoms with E-state index in [4.69, 9.17) is 4.74 Å². The maximum atomic E-state index is 14.5. The summed E-state index contributed by atoms with van der Waals surface area (Å²) >= 11 is 0. The summed E-state index contributed by atoms with van der Waals surface area (Å²) in [4.78, 5) is 42.7. The van der Waals surface area contributed by atoms with E-state index in [0.717, 1.165) is 37.2 Å². The number of quaternary nitrogens is 2. The van der Waals surface area contributed by atoms with E-state index in [1.54, 1.807) is 41.8 Å². The van der Waals surface area contributed by atoms with Crippen LogP contribution in [0, 0.1) is 17.2 Å². The molecule has 2 saturated heterocycles.